The normalized spacial score (nSPS) is 14.6. The Labute approximate surface area is 263 Å². The Balaban J connectivity index is 1.56. The Morgan fingerprint density at radius 2 is 1.64 bits per heavy atom. The number of carbonyl (C=O) groups excluding carboxylic acids is 2. The van der Waals surface area contributed by atoms with Crippen LogP contribution in [0.4, 0.5) is 0 Å². The predicted molar refractivity (Wildman–Crippen MR) is 174 cm³/mol. The first-order valence-electron chi connectivity index (χ1n) is 14.5. The molecule has 1 atom stereocenters. The lowest BCUT2D eigenvalue weighted by Gasteiger charge is -2.25. The first-order valence-corrected chi connectivity index (χ1v) is 15.3. The number of carbonyl (C=O) groups is 2. The highest BCUT2D eigenvalue weighted by Crippen LogP contribution is 2.35. The highest BCUT2D eigenvalue weighted by molar-refractivity contribution is 7.07. The minimum Gasteiger partial charge on any atom is -0.465 e. The zero-order valence-corrected chi connectivity index (χ0v) is 26.1. The quantitative estimate of drug-likeness (QED) is 0.236. The van der Waals surface area contributed by atoms with Gasteiger partial charge in [-0.15, -0.1) is 0 Å². The Morgan fingerprint density at radius 1 is 0.933 bits per heavy atom. The summed E-state index contributed by atoms with van der Waals surface area (Å²) >= 11 is 1.28. The molecule has 0 N–H and O–H groups in total. The van der Waals surface area contributed by atoms with Crippen LogP contribution in [0, 0.1) is 13.8 Å². The van der Waals surface area contributed by atoms with E-state index in [0.717, 1.165) is 33.8 Å². The number of benzene rings is 3. The molecule has 0 spiro atoms. The van der Waals surface area contributed by atoms with E-state index in [4.69, 9.17) is 14.5 Å². The molecule has 3 heterocycles. The van der Waals surface area contributed by atoms with Crippen LogP contribution >= 0.6 is 11.3 Å². The van der Waals surface area contributed by atoms with E-state index in [2.05, 4.69) is 0 Å². The van der Waals surface area contributed by atoms with Crippen LogP contribution in [0.25, 0.3) is 17.5 Å². The maximum atomic E-state index is 14.2. The van der Waals surface area contributed by atoms with Gasteiger partial charge in [-0.25, -0.2) is 14.6 Å². The molecular weight excluding hydrogens is 586 g/mol. The van der Waals surface area contributed by atoms with Crippen molar-refractivity contribution in [3.63, 3.8) is 0 Å². The number of thiazole rings is 1. The Morgan fingerprint density at radius 3 is 2.33 bits per heavy atom. The van der Waals surface area contributed by atoms with E-state index >= 15 is 0 Å². The summed E-state index contributed by atoms with van der Waals surface area (Å²) in [6.45, 7) is 5.90. The first-order chi connectivity index (χ1) is 21.8. The molecule has 0 fully saturated rings. The van der Waals surface area contributed by atoms with Gasteiger partial charge in [0, 0.05) is 22.6 Å². The minimum absolute atomic E-state index is 0.189. The van der Waals surface area contributed by atoms with Crippen LogP contribution in [-0.4, -0.2) is 34.8 Å². The van der Waals surface area contributed by atoms with Crippen molar-refractivity contribution in [3.05, 3.63) is 150 Å². The smallest absolute Gasteiger partial charge is 0.338 e. The molecule has 6 rings (SSSR count). The number of hydrogen-bond acceptors (Lipinski definition) is 7. The number of esters is 2. The van der Waals surface area contributed by atoms with Crippen LogP contribution in [0.5, 0.6) is 0 Å². The maximum absolute atomic E-state index is 14.2. The molecule has 1 aliphatic rings. The molecule has 8 nitrogen and oxygen atoms in total. The third kappa shape index (κ3) is 5.47. The largest absolute Gasteiger partial charge is 0.465 e. The van der Waals surface area contributed by atoms with Gasteiger partial charge in [-0.3, -0.25) is 9.36 Å². The highest BCUT2D eigenvalue weighted by atomic mass is 32.1. The van der Waals surface area contributed by atoms with Crippen molar-refractivity contribution in [1.29, 1.82) is 0 Å². The maximum Gasteiger partial charge on any atom is 0.338 e. The summed E-state index contributed by atoms with van der Waals surface area (Å²) in [6.07, 6.45) is 1.87. The van der Waals surface area contributed by atoms with Crippen LogP contribution in [-0.2, 0) is 14.3 Å². The lowest BCUT2D eigenvalue weighted by atomic mass is 9.93. The third-order valence-electron chi connectivity index (χ3n) is 7.77. The summed E-state index contributed by atoms with van der Waals surface area (Å²) < 4.78 is 14.6. The van der Waals surface area contributed by atoms with E-state index in [1.807, 2.05) is 103 Å². The zero-order valence-electron chi connectivity index (χ0n) is 25.3. The molecule has 226 valence electrons. The second kappa shape index (κ2) is 12.4. The van der Waals surface area contributed by atoms with Crippen LogP contribution in [0.2, 0.25) is 0 Å². The van der Waals surface area contributed by atoms with Gasteiger partial charge in [0.15, 0.2) is 4.80 Å². The predicted octanol–water partition coefficient (Wildman–Crippen LogP) is 5.13. The zero-order chi connectivity index (χ0) is 31.7. The second-order valence-corrected chi connectivity index (χ2v) is 11.6. The summed E-state index contributed by atoms with van der Waals surface area (Å²) in [6, 6.07) is 27.5. The van der Waals surface area contributed by atoms with Crippen LogP contribution < -0.4 is 14.9 Å². The molecular formula is C36H31N3O5S. The number of aryl methyl sites for hydroxylation is 1. The van der Waals surface area contributed by atoms with Gasteiger partial charge in [-0.05, 0) is 62.2 Å². The second-order valence-electron chi connectivity index (χ2n) is 10.5. The van der Waals surface area contributed by atoms with Gasteiger partial charge in [-0.1, -0.05) is 78.1 Å². The molecule has 0 aliphatic carbocycles. The number of hydrogen-bond donors (Lipinski definition) is 0. The minimum atomic E-state index is -0.729. The molecule has 9 heteroatoms. The fourth-order valence-electron chi connectivity index (χ4n) is 5.75. The van der Waals surface area contributed by atoms with Crippen molar-refractivity contribution in [2.75, 3.05) is 13.7 Å². The van der Waals surface area contributed by atoms with Crippen molar-refractivity contribution >= 4 is 35.0 Å². The van der Waals surface area contributed by atoms with E-state index in [9.17, 15) is 14.4 Å². The van der Waals surface area contributed by atoms with E-state index in [1.165, 1.54) is 18.4 Å². The molecule has 0 saturated carbocycles. The van der Waals surface area contributed by atoms with Crippen LogP contribution in [0.3, 0.4) is 0 Å². The molecule has 0 bridgehead atoms. The molecule has 45 heavy (non-hydrogen) atoms. The molecule has 0 saturated heterocycles. The summed E-state index contributed by atoms with van der Waals surface area (Å²) in [7, 11) is 1.36. The van der Waals surface area contributed by atoms with Gasteiger partial charge < -0.3 is 14.0 Å². The molecule has 3 aromatic carbocycles. The van der Waals surface area contributed by atoms with Gasteiger partial charge in [-0.2, -0.15) is 0 Å². The van der Waals surface area contributed by atoms with Crippen molar-refractivity contribution < 1.29 is 19.1 Å². The van der Waals surface area contributed by atoms with Crippen LogP contribution in [0.15, 0.2) is 106 Å². The molecule has 0 radical (unpaired) electrons. The Hall–Kier alpha value is -5.28. The van der Waals surface area contributed by atoms with Gasteiger partial charge >= 0.3 is 11.9 Å². The number of rotatable bonds is 7. The molecule has 0 unspecified atom stereocenters. The van der Waals surface area contributed by atoms with Crippen molar-refractivity contribution in [3.8, 4) is 5.69 Å². The van der Waals surface area contributed by atoms with Crippen molar-refractivity contribution in [2.45, 2.75) is 26.8 Å². The average molecular weight is 618 g/mol. The topological polar surface area (TPSA) is 91.9 Å². The van der Waals surface area contributed by atoms with Crippen molar-refractivity contribution in [1.82, 2.24) is 9.13 Å². The van der Waals surface area contributed by atoms with E-state index in [0.29, 0.717) is 26.2 Å². The first kappa shape index (κ1) is 29.8. The third-order valence-corrected chi connectivity index (χ3v) is 8.75. The fourth-order valence-corrected chi connectivity index (χ4v) is 6.75. The SMILES string of the molecule is CCOC(=O)C1=C(c2ccccc2)N=c2s/c(=C/c3cc(C)n(-c4cccc(C(=O)OC)c4)c3C)c(=O)n2[C@@H]1c1ccccc1. The Kier molecular flexibility index (Phi) is 8.19. The summed E-state index contributed by atoms with van der Waals surface area (Å²) in [4.78, 5) is 45.4. The summed E-state index contributed by atoms with van der Waals surface area (Å²) in [5.74, 6) is -0.924. The molecule has 5 aromatic rings. The number of nitrogens with zero attached hydrogens (tertiary/aromatic N) is 3. The lowest BCUT2D eigenvalue weighted by molar-refractivity contribution is -0.138. The summed E-state index contributed by atoms with van der Waals surface area (Å²) in [5.41, 5.74) is 6.04. The van der Waals surface area contributed by atoms with E-state index < -0.39 is 18.0 Å². The monoisotopic (exact) mass is 617 g/mol. The lowest BCUT2D eigenvalue weighted by Crippen LogP contribution is -2.40. The van der Waals surface area contributed by atoms with Gasteiger partial charge in [0.1, 0.15) is 0 Å². The van der Waals surface area contributed by atoms with Crippen molar-refractivity contribution in [2.24, 2.45) is 4.99 Å². The van der Waals surface area contributed by atoms with E-state index in [-0.39, 0.29) is 12.2 Å². The highest BCUT2D eigenvalue weighted by Gasteiger charge is 2.35. The number of methoxy groups -OCH3 is 1. The Bertz CT molecular complexity index is 2140. The van der Waals surface area contributed by atoms with Gasteiger partial charge in [0.25, 0.3) is 5.56 Å². The van der Waals surface area contributed by atoms with Gasteiger partial charge in [0.2, 0.25) is 0 Å². The fraction of sp³-hybridized carbons (Fsp3) is 0.167. The average Bonchev–Trinajstić information content (AvgIpc) is 3.53. The van der Waals surface area contributed by atoms with E-state index in [1.54, 1.807) is 23.6 Å². The number of aromatic nitrogens is 2. The summed E-state index contributed by atoms with van der Waals surface area (Å²) in [5, 5.41) is 0. The molecule has 0 amide bonds. The van der Waals surface area contributed by atoms with Crippen LogP contribution in [0.1, 0.15) is 51.4 Å². The standard InChI is InChI=1S/C36H31N3O5S/c1-5-44-35(42)30-31(24-13-8-6-9-14-24)37-36-39(32(30)25-15-10-7-11-16-25)33(40)29(45-36)21-27-19-22(2)38(23(27)3)28-18-12-17-26(20-28)34(41)43-4/h6-21,32H,5H2,1-4H3/b29-21+/t32-/m1/s1. The number of ether oxygens (including phenoxy) is 2. The molecule has 1 aliphatic heterocycles. The number of fused-ring (bicyclic) bond motifs is 1. The molecule has 2 aromatic heterocycles. The van der Waals surface area contributed by atoms with Gasteiger partial charge in [0.05, 0.1) is 41.1 Å².